The Morgan fingerprint density at radius 2 is 1.78 bits per heavy atom. The highest BCUT2D eigenvalue weighted by Gasteiger charge is 2.30. The van der Waals surface area contributed by atoms with Gasteiger partial charge in [0.25, 0.3) is 0 Å². The summed E-state index contributed by atoms with van der Waals surface area (Å²) in [6, 6.07) is 4.83. The molecule has 1 aliphatic carbocycles. The maximum absolute atomic E-state index is 13.0. The van der Waals surface area contributed by atoms with Crippen molar-refractivity contribution in [2.75, 3.05) is 33.2 Å². The molecule has 168 valence electrons. The molecular formula is C25H31N5OS. The van der Waals surface area contributed by atoms with Crippen LogP contribution in [-0.2, 0) is 11.2 Å². The van der Waals surface area contributed by atoms with Gasteiger partial charge in [0.05, 0.1) is 21.6 Å². The van der Waals surface area contributed by atoms with Crippen molar-refractivity contribution in [2.24, 2.45) is 5.92 Å². The van der Waals surface area contributed by atoms with Crippen molar-refractivity contribution < 1.29 is 4.79 Å². The monoisotopic (exact) mass is 449 g/mol. The van der Waals surface area contributed by atoms with Gasteiger partial charge in [-0.15, -0.1) is 11.3 Å². The smallest absolute Gasteiger partial charge is 0.141 e. The van der Waals surface area contributed by atoms with E-state index in [0.29, 0.717) is 18.2 Å². The number of aryl methyl sites for hydroxylation is 1. The van der Waals surface area contributed by atoms with E-state index in [1.54, 1.807) is 17.5 Å². The second kappa shape index (κ2) is 9.33. The molecule has 4 heterocycles. The average Bonchev–Trinajstić information content (AvgIpc) is 3.25. The molecule has 3 aromatic rings. The lowest BCUT2D eigenvalue weighted by atomic mass is 9.81. The minimum atomic E-state index is 0.181. The van der Waals surface area contributed by atoms with Gasteiger partial charge < -0.3 is 4.90 Å². The van der Waals surface area contributed by atoms with Crippen molar-refractivity contribution in [3.05, 3.63) is 41.4 Å². The van der Waals surface area contributed by atoms with Crippen LogP contribution < -0.4 is 0 Å². The van der Waals surface area contributed by atoms with Gasteiger partial charge in [0.2, 0.25) is 0 Å². The SMILES string of the molecule is Cc1ncc(-c2cnc3cnc(CC(=O)C4CCC(N5CCN(C)CC5)CC4)cc3c2)s1. The van der Waals surface area contributed by atoms with E-state index in [0.717, 1.165) is 83.9 Å². The maximum Gasteiger partial charge on any atom is 0.141 e. The summed E-state index contributed by atoms with van der Waals surface area (Å²) in [6.45, 7) is 6.65. The summed E-state index contributed by atoms with van der Waals surface area (Å²) >= 11 is 1.67. The minimum Gasteiger partial charge on any atom is -0.304 e. The number of nitrogens with zero attached hydrogens (tertiary/aromatic N) is 5. The lowest BCUT2D eigenvalue weighted by molar-refractivity contribution is -0.123. The van der Waals surface area contributed by atoms with E-state index in [1.165, 1.54) is 0 Å². The summed E-state index contributed by atoms with van der Waals surface area (Å²) in [5.74, 6) is 0.525. The number of thiazole rings is 1. The topological polar surface area (TPSA) is 62.2 Å². The minimum absolute atomic E-state index is 0.181. The van der Waals surface area contributed by atoms with Crippen molar-refractivity contribution in [1.82, 2.24) is 24.8 Å². The van der Waals surface area contributed by atoms with Gasteiger partial charge in [0.1, 0.15) is 5.78 Å². The van der Waals surface area contributed by atoms with Crippen LogP contribution in [0.3, 0.4) is 0 Å². The Kier molecular flexibility index (Phi) is 6.31. The van der Waals surface area contributed by atoms with Crippen molar-refractivity contribution in [1.29, 1.82) is 0 Å². The molecule has 5 rings (SSSR count). The number of likely N-dealkylation sites (N-methyl/N-ethyl adjacent to an activating group) is 1. The van der Waals surface area contributed by atoms with Crippen LogP contribution in [0.1, 0.15) is 36.4 Å². The Bertz CT molecular complexity index is 1100. The van der Waals surface area contributed by atoms with Crippen LogP contribution >= 0.6 is 11.3 Å². The first-order valence-electron chi connectivity index (χ1n) is 11.7. The van der Waals surface area contributed by atoms with Crippen molar-refractivity contribution in [3.8, 4) is 10.4 Å². The highest BCUT2D eigenvalue weighted by Crippen LogP contribution is 2.30. The van der Waals surface area contributed by atoms with E-state index in [9.17, 15) is 4.79 Å². The predicted octanol–water partition coefficient (Wildman–Crippen LogP) is 3.98. The molecule has 0 N–H and O–H groups in total. The van der Waals surface area contributed by atoms with Crippen molar-refractivity contribution in [2.45, 2.75) is 45.1 Å². The summed E-state index contributed by atoms with van der Waals surface area (Å²) in [5, 5.41) is 2.08. The molecule has 6 nitrogen and oxygen atoms in total. The molecule has 0 amide bonds. The van der Waals surface area contributed by atoms with E-state index in [1.807, 2.05) is 25.4 Å². The van der Waals surface area contributed by atoms with Crippen molar-refractivity contribution >= 4 is 28.0 Å². The average molecular weight is 450 g/mol. The predicted molar refractivity (Wildman–Crippen MR) is 129 cm³/mol. The second-order valence-electron chi connectivity index (χ2n) is 9.32. The van der Waals surface area contributed by atoms with Gasteiger partial charge in [0, 0.05) is 73.6 Å². The van der Waals surface area contributed by atoms with Crippen LogP contribution in [0.5, 0.6) is 0 Å². The third-order valence-corrected chi connectivity index (χ3v) is 8.05. The number of Topliss-reactive ketones (excluding diaryl/α,β-unsaturated/α-hetero) is 1. The molecule has 1 aliphatic heterocycles. The van der Waals surface area contributed by atoms with Gasteiger partial charge in [-0.05, 0) is 51.8 Å². The van der Waals surface area contributed by atoms with Crippen LogP contribution in [0.4, 0.5) is 0 Å². The summed E-state index contributed by atoms with van der Waals surface area (Å²) in [4.78, 5) is 32.6. The molecule has 3 aromatic heterocycles. The number of pyridine rings is 2. The number of carbonyl (C=O) groups excluding carboxylic acids is 1. The molecule has 0 radical (unpaired) electrons. The summed E-state index contributed by atoms with van der Waals surface area (Å²) in [5.41, 5.74) is 2.77. The Balaban J connectivity index is 1.22. The number of rotatable bonds is 5. The molecule has 0 spiro atoms. The van der Waals surface area contributed by atoms with Gasteiger partial charge in [-0.1, -0.05) is 0 Å². The van der Waals surface area contributed by atoms with E-state index in [2.05, 4.69) is 37.9 Å². The number of ketones is 1. The molecule has 0 bridgehead atoms. The highest BCUT2D eigenvalue weighted by atomic mass is 32.1. The first kappa shape index (κ1) is 21.6. The molecule has 0 atom stereocenters. The number of hydrogen-bond acceptors (Lipinski definition) is 7. The molecular weight excluding hydrogens is 418 g/mol. The van der Waals surface area contributed by atoms with Crippen LogP contribution in [0, 0.1) is 12.8 Å². The molecule has 1 saturated heterocycles. The van der Waals surface area contributed by atoms with E-state index < -0.39 is 0 Å². The number of hydrogen-bond donors (Lipinski definition) is 0. The zero-order chi connectivity index (χ0) is 22.1. The third-order valence-electron chi connectivity index (χ3n) is 7.09. The van der Waals surface area contributed by atoms with E-state index in [-0.39, 0.29) is 5.92 Å². The van der Waals surface area contributed by atoms with Crippen LogP contribution in [0.2, 0.25) is 0 Å². The number of aromatic nitrogens is 3. The van der Waals surface area contributed by atoms with Gasteiger partial charge in [-0.3, -0.25) is 19.7 Å². The Morgan fingerprint density at radius 3 is 2.50 bits per heavy atom. The van der Waals surface area contributed by atoms with Gasteiger partial charge >= 0.3 is 0 Å². The Hall–Kier alpha value is -2.22. The fourth-order valence-corrected chi connectivity index (χ4v) is 5.83. The quantitative estimate of drug-likeness (QED) is 0.587. The zero-order valence-corrected chi connectivity index (χ0v) is 19.8. The molecule has 0 aromatic carbocycles. The summed E-state index contributed by atoms with van der Waals surface area (Å²) in [7, 11) is 2.20. The zero-order valence-electron chi connectivity index (χ0n) is 19.0. The van der Waals surface area contributed by atoms with Crippen LogP contribution in [0.15, 0.2) is 30.7 Å². The maximum atomic E-state index is 13.0. The Morgan fingerprint density at radius 1 is 1.00 bits per heavy atom. The molecule has 2 fully saturated rings. The van der Waals surface area contributed by atoms with Gasteiger partial charge in [-0.25, -0.2) is 4.98 Å². The van der Waals surface area contributed by atoms with Gasteiger partial charge in [0.15, 0.2) is 0 Å². The number of fused-ring (bicyclic) bond motifs is 1. The molecule has 0 unspecified atom stereocenters. The number of carbonyl (C=O) groups is 1. The largest absolute Gasteiger partial charge is 0.304 e. The van der Waals surface area contributed by atoms with Crippen molar-refractivity contribution in [3.63, 3.8) is 0 Å². The second-order valence-corrected chi connectivity index (χ2v) is 10.6. The first-order chi connectivity index (χ1) is 15.5. The number of piperazine rings is 1. The molecule has 1 saturated carbocycles. The van der Waals surface area contributed by atoms with Crippen LogP contribution in [-0.4, -0.2) is 69.8 Å². The fraction of sp³-hybridized carbons (Fsp3) is 0.520. The highest BCUT2D eigenvalue weighted by molar-refractivity contribution is 7.15. The standard InChI is InChI=1S/C25H31N5OS/c1-17-26-16-25(32-17)20-11-19-12-21(27-15-23(19)28-14-20)13-24(31)18-3-5-22(6-4-18)30-9-7-29(2)8-10-30/h11-12,14-16,18,22H,3-10,13H2,1-2H3. The van der Waals surface area contributed by atoms with Crippen LogP contribution in [0.25, 0.3) is 21.3 Å². The third kappa shape index (κ3) is 4.75. The molecule has 32 heavy (non-hydrogen) atoms. The van der Waals surface area contributed by atoms with E-state index >= 15 is 0 Å². The van der Waals surface area contributed by atoms with E-state index in [4.69, 9.17) is 0 Å². The molecule has 7 heteroatoms. The Labute approximate surface area is 193 Å². The lowest BCUT2D eigenvalue weighted by Crippen LogP contribution is -2.50. The normalized spacial score (nSPS) is 22.9. The summed E-state index contributed by atoms with van der Waals surface area (Å²) in [6.07, 6.45) is 10.3. The molecule has 2 aliphatic rings. The fourth-order valence-electron chi connectivity index (χ4n) is 5.08. The van der Waals surface area contributed by atoms with Gasteiger partial charge in [-0.2, -0.15) is 0 Å². The lowest BCUT2D eigenvalue weighted by Gasteiger charge is -2.40. The summed E-state index contributed by atoms with van der Waals surface area (Å²) < 4.78 is 0. The first-order valence-corrected chi connectivity index (χ1v) is 12.5.